The summed E-state index contributed by atoms with van der Waals surface area (Å²) in [6.45, 7) is 9.23. The van der Waals surface area contributed by atoms with Gasteiger partial charge in [-0.15, -0.1) is 23.7 Å². The number of para-hydroxylation sites is 2. The number of aryl methyl sites for hydroxylation is 2. The first-order chi connectivity index (χ1) is 46.7. The van der Waals surface area contributed by atoms with Crippen molar-refractivity contribution < 1.29 is 16.5 Å². The van der Waals surface area contributed by atoms with Crippen molar-refractivity contribution in [3.05, 3.63) is 71.8 Å². The summed E-state index contributed by atoms with van der Waals surface area (Å²) < 4.78 is 0. The predicted molar refractivity (Wildman–Crippen MR) is 427 cm³/mol. The third-order valence-corrected chi connectivity index (χ3v) is 20.1. The number of allylic oxidation sites excluding steroid dienone is 2. The molecular weight excluding hydrogens is 1190 g/mol. The van der Waals surface area contributed by atoms with Crippen LogP contribution in [0.5, 0.6) is 0 Å². The zero-order valence-corrected chi connectivity index (χ0v) is 65.1. The molecule has 0 radical (unpaired) electrons. The Morgan fingerprint density at radius 1 is 0.274 bits per heavy atom. The zero-order chi connectivity index (χ0) is 66.9. The van der Waals surface area contributed by atoms with Crippen molar-refractivity contribution in [3.8, 4) is 23.7 Å². The second-order valence-corrected chi connectivity index (χ2v) is 29.3. The molecule has 0 unspecified atom stereocenters. The standard InChI is InChI=1S/C92H158N2.Ni/c1-5-9-13-17-21-25-29-31-33-35-37-39-41-42-43-44-45-46-48-50-52-54-56-58-62-66-70-74-86-92(94-90-84-78-76-82-88(90)80-72-68-64-60-28-24-20-16-12-8-4)91(93-89-83-77-75-81-87(89)79-71-67-63-59-27-23-19-15-11-7-3)85-73-69-65-61-57-55-53-51-49-47-40-38-36-34-32-30-26-22-18-14-10-6-2;/h73,75-78,81-85H,5-62,65-66,69-72,74,79-80,86H2,1-4H3;. The van der Waals surface area contributed by atoms with E-state index in [2.05, 4.69) is 112 Å². The van der Waals surface area contributed by atoms with Crippen molar-refractivity contribution in [1.29, 1.82) is 0 Å². The molecule has 2 aromatic rings. The van der Waals surface area contributed by atoms with Gasteiger partial charge in [0.25, 0.3) is 0 Å². The summed E-state index contributed by atoms with van der Waals surface area (Å²) in [4.78, 5) is 11.3. The molecule has 0 spiro atoms. The van der Waals surface area contributed by atoms with Crippen molar-refractivity contribution in [2.75, 3.05) is 0 Å². The van der Waals surface area contributed by atoms with Gasteiger partial charge < -0.3 is 0 Å². The van der Waals surface area contributed by atoms with Crippen LogP contribution in [0.4, 0.5) is 11.4 Å². The van der Waals surface area contributed by atoms with Gasteiger partial charge in [-0.05, 0) is 80.7 Å². The number of unbranched alkanes of at least 4 members (excludes halogenated alkanes) is 59. The van der Waals surface area contributed by atoms with Crippen LogP contribution in [0.3, 0.4) is 0 Å². The van der Waals surface area contributed by atoms with Gasteiger partial charge in [0.2, 0.25) is 0 Å². The van der Waals surface area contributed by atoms with Crippen LogP contribution in [0, 0.1) is 23.7 Å². The topological polar surface area (TPSA) is 24.7 Å². The Labute approximate surface area is 605 Å². The molecule has 95 heavy (non-hydrogen) atoms. The molecule has 0 aliphatic carbocycles. The van der Waals surface area contributed by atoms with Crippen molar-refractivity contribution in [1.82, 2.24) is 0 Å². The summed E-state index contributed by atoms with van der Waals surface area (Å²) in [6, 6.07) is 17.8. The van der Waals surface area contributed by atoms with Gasteiger partial charge in [0.05, 0.1) is 22.8 Å². The average Bonchev–Trinajstić information content (AvgIpc) is 1.05. The summed E-state index contributed by atoms with van der Waals surface area (Å²) in [5, 5.41) is 0. The fourth-order valence-electron chi connectivity index (χ4n) is 13.8. The molecule has 0 amide bonds. The molecule has 0 saturated heterocycles. The SMILES string of the molecule is CCCCCCCCC#CCCc1ccccc1N=C(C=CCCCCCCCCCCCCCCCCCCCCCC)C(CCCCCCCCCCCCCCCCCCCCCCCCCCCCCC)=Nc1ccccc1CCC#CCCCCCCCC.[Ni]. The molecule has 0 bridgehead atoms. The van der Waals surface area contributed by atoms with E-state index >= 15 is 0 Å². The van der Waals surface area contributed by atoms with Crippen LogP contribution in [-0.2, 0) is 29.3 Å². The minimum Gasteiger partial charge on any atom is -0.251 e. The van der Waals surface area contributed by atoms with E-state index in [1.807, 2.05) is 0 Å². The van der Waals surface area contributed by atoms with Gasteiger partial charge in [-0.1, -0.05) is 430 Å². The van der Waals surface area contributed by atoms with Crippen LogP contribution in [0.25, 0.3) is 0 Å². The first kappa shape index (κ1) is 90.1. The predicted octanol–water partition coefficient (Wildman–Crippen LogP) is 32.0. The number of hydrogen-bond donors (Lipinski definition) is 0. The van der Waals surface area contributed by atoms with E-state index in [0.717, 1.165) is 80.6 Å². The molecule has 0 aliphatic rings. The normalized spacial score (nSPS) is 11.7. The summed E-state index contributed by atoms with van der Waals surface area (Å²) in [5.41, 5.74) is 6.96. The maximum Gasteiger partial charge on any atom is 0.0848 e. The Morgan fingerprint density at radius 2 is 0.516 bits per heavy atom. The first-order valence-electron chi connectivity index (χ1n) is 42.6. The van der Waals surface area contributed by atoms with Crippen LogP contribution >= 0.6 is 0 Å². The Balaban J connectivity index is 0.0000451. The van der Waals surface area contributed by atoms with Crippen LogP contribution in [0.2, 0.25) is 0 Å². The van der Waals surface area contributed by atoms with Crippen LogP contribution in [0.15, 0.2) is 70.7 Å². The minimum atomic E-state index is 0. The van der Waals surface area contributed by atoms with E-state index in [9.17, 15) is 0 Å². The molecule has 2 nitrogen and oxygen atoms in total. The number of aliphatic imine (C=N–C) groups is 2. The van der Waals surface area contributed by atoms with Crippen LogP contribution < -0.4 is 0 Å². The Kier molecular flexibility index (Phi) is 71.5. The second kappa shape index (κ2) is 75.3. The number of hydrogen-bond acceptors (Lipinski definition) is 2. The maximum atomic E-state index is 5.68. The Hall–Kier alpha value is -2.87. The molecule has 2 aromatic carbocycles. The molecular formula is C92H158N2Ni. The van der Waals surface area contributed by atoms with Crippen molar-refractivity contribution in [3.63, 3.8) is 0 Å². The van der Waals surface area contributed by atoms with Gasteiger partial charge in [-0.25, -0.2) is 4.99 Å². The quantitative estimate of drug-likeness (QED) is 0.0273. The first-order valence-corrected chi connectivity index (χ1v) is 42.6. The fourth-order valence-corrected chi connectivity index (χ4v) is 13.8. The smallest absolute Gasteiger partial charge is 0.0848 e. The molecule has 3 heteroatoms. The van der Waals surface area contributed by atoms with E-state index in [0.29, 0.717) is 0 Å². The molecule has 0 fully saturated rings. The van der Waals surface area contributed by atoms with Gasteiger partial charge in [-0.2, -0.15) is 0 Å². The van der Waals surface area contributed by atoms with E-state index in [4.69, 9.17) is 9.98 Å². The van der Waals surface area contributed by atoms with E-state index in [1.165, 1.54) is 390 Å². The van der Waals surface area contributed by atoms with Crippen LogP contribution in [-0.4, -0.2) is 11.4 Å². The number of nitrogens with zero attached hydrogens (tertiary/aromatic N) is 2. The van der Waals surface area contributed by atoms with Crippen molar-refractivity contribution in [2.24, 2.45) is 9.98 Å². The molecule has 0 N–H and O–H groups in total. The van der Waals surface area contributed by atoms with Crippen molar-refractivity contribution in [2.45, 2.75) is 464 Å². The fraction of sp³-hybridized carbons (Fsp3) is 0.783. The number of benzene rings is 2. The molecule has 546 valence electrons. The second-order valence-electron chi connectivity index (χ2n) is 29.3. The maximum absolute atomic E-state index is 5.68. The molecule has 0 heterocycles. The van der Waals surface area contributed by atoms with Crippen LogP contribution in [0.1, 0.15) is 463 Å². The van der Waals surface area contributed by atoms with Gasteiger partial charge in [-0.3, -0.25) is 4.99 Å². The van der Waals surface area contributed by atoms with E-state index < -0.39 is 0 Å². The summed E-state index contributed by atoms with van der Waals surface area (Å²) in [5.74, 6) is 14.2. The van der Waals surface area contributed by atoms with Gasteiger partial charge in [0.1, 0.15) is 0 Å². The summed E-state index contributed by atoms with van der Waals surface area (Å²) >= 11 is 0. The summed E-state index contributed by atoms with van der Waals surface area (Å²) in [6.07, 6.45) is 96.5. The Morgan fingerprint density at radius 3 is 0.821 bits per heavy atom. The zero-order valence-electron chi connectivity index (χ0n) is 64.1. The van der Waals surface area contributed by atoms with Crippen molar-refractivity contribution >= 4 is 22.8 Å². The third-order valence-electron chi connectivity index (χ3n) is 20.1. The monoisotopic (exact) mass is 1350 g/mol. The van der Waals surface area contributed by atoms with E-state index in [1.54, 1.807) is 0 Å². The minimum absolute atomic E-state index is 0. The number of rotatable bonds is 70. The van der Waals surface area contributed by atoms with Gasteiger partial charge >= 0.3 is 0 Å². The largest absolute Gasteiger partial charge is 0.251 e. The summed E-state index contributed by atoms with van der Waals surface area (Å²) in [7, 11) is 0. The van der Waals surface area contributed by atoms with Gasteiger partial charge in [0.15, 0.2) is 0 Å². The average molecular weight is 1350 g/mol. The van der Waals surface area contributed by atoms with Gasteiger partial charge in [0, 0.05) is 42.2 Å². The third kappa shape index (κ3) is 60.8. The molecule has 0 atom stereocenters. The molecule has 0 aliphatic heterocycles. The molecule has 2 rings (SSSR count). The molecule has 0 saturated carbocycles. The molecule has 0 aromatic heterocycles. The van der Waals surface area contributed by atoms with E-state index in [-0.39, 0.29) is 16.5 Å². The Bertz CT molecular complexity index is 2120.